The molecule has 4 nitrogen and oxygen atoms in total. The lowest BCUT2D eigenvalue weighted by molar-refractivity contribution is -0.145. The second-order valence-electron chi connectivity index (χ2n) is 6.07. The quantitative estimate of drug-likeness (QED) is 0.813. The van der Waals surface area contributed by atoms with Gasteiger partial charge in [-0.05, 0) is 32.6 Å². The average molecular weight is 254 g/mol. The van der Waals surface area contributed by atoms with Crippen molar-refractivity contribution in [3.8, 4) is 0 Å². The Labute approximate surface area is 110 Å². The van der Waals surface area contributed by atoms with Gasteiger partial charge in [-0.1, -0.05) is 12.8 Å². The molecule has 2 fully saturated rings. The molecule has 1 saturated heterocycles. The van der Waals surface area contributed by atoms with Crippen molar-refractivity contribution < 1.29 is 9.53 Å². The number of carbonyl (C=O) groups excluding carboxylic acids is 1. The summed E-state index contributed by atoms with van der Waals surface area (Å²) in [5.74, 6) is 0.295. The number of ether oxygens (including phenoxy) is 1. The highest BCUT2D eigenvalue weighted by Crippen LogP contribution is 2.29. The predicted octanol–water partition coefficient (Wildman–Crippen LogP) is 1.53. The highest BCUT2D eigenvalue weighted by molar-refractivity contribution is 5.80. The normalized spacial score (nSPS) is 37.6. The predicted molar refractivity (Wildman–Crippen MR) is 71.2 cm³/mol. The van der Waals surface area contributed by atoms with Crippen LogP contribution < -0.4 is 5.73 Å². The summed E-state index contributed by atoms with van der Waals surface area (Å²) in [5.41, 5.74) is 5.93. The highest BCUT2D eigenvalue weighted by Gasteiger charge is 2.37. The molecule has 2 rings (SSSR count). The molecule has 1 amide bonds. The minimum atomic E-state index is -0.174. The first-order valence-electron chi connectivity index (χ1n) is 7.15. The number of nitrogens with two attached hydrogens (primary N) is 1. The fourth-order valence-electron chi connectivity index (χ4n) is 3.26. The summed E-state index contributed by atoms with van der Waals surface area (Å²) in [6, 6.07) is 0.0574. The van der Waals surface area contributed by atoms with Gasteiger partial charge >= 0.3 is 0 Å². The molecule has 0 aromatic carbocycles. The first kappa shape index (κ1) is 13.8. The second-order valence-corrected chi connectivity index (χ2v) is 6.07. The number of hydrogen-bond donors (Lipinski definition) is 1. The molecule has 4 heteroatoms. The monoisotopic (exact) mass is 254 g/mol. The molecule has 0 bridgehead atoms. The van der Waals surface area contributed by atoms with Gasteiger partial charge in [0, 0.05) is 26.2 Å². The lowest BCUT2D eigenvalue weighted by Gasteiger charge is -2.42. The van der Waals surface area contributed by atoms with Crippen LogP contribution in [0.15, 0.2) is 0 Å². The second kappa shape index (κ2) is 5.57. The number of methoxy groups -OCH3 is 1. The van der Waals surface area contributed by atoms with Gasteiger partial charge < -0.3 is 15.4 Å². The van der Waals surface area contributed by atoms with Gasteiger partial charge in [-0.15, -0.1) is 0 Å². The molecule has 2 N–H and O–H groups in total. The number of nitrogens with zero attached hydrogens (tertiary/aromatic N) is 1. The van der Waals surface area contributed by atoms with Crippen LogP contribution in [0, 0.1) is 5.92 Å². The van der Waals surface area contributed by atoms with E-state index in [2.05, 4.69) is 6.92 Å². The van der Waals surface area contributed by atoms with E-state index in [1.807, 2.05) is 4.90 Å². The van der Waals surface area contributed by atoms with Crippen LogP contribution in [0.4, 0.5) is 0 Å². The van der Waals surface area contributed by atoms with Crippen LogP contribution in [0.3, 0.4) is 0 Å². The minimum absolute atomic E-state index is 0.0398. The number of amides is 1. The summed E-state index contributed by atoms with van der Waals surface area (Å²) in [7, 11) is 1.74. The molecule has 0 radical (unpaired) electrons. The zero-order chi connectivity index (χ0) is 13.2. The van der Waals surface area contributed by atoms with E-state index in [1.54, 1.807) is 7.11 Å². The molecule has 1 heterocycles. The SMILES string of the molecule is COC1(C)CCCN(C(=O)C2CCCCC2N)C1. The van der Waals surface area contributed by atoms with E-state index in [4.69, 9.17) is 10.5 Å². The van der Waals surface area contributed by atoms with Crippen molar-refractivity contribution in [2.75, 3.05) is 20.2 Å². The molecule has 2 aliphatic rings. The van der Waals surface area contributed by atoms with Crippen LogP contribution in [0.2, 0.25) is 0 Å². The number of rotatable bonds is 2. The topological polar surface area (TPSA) is 55.6 Å². The minimum Gasteiger partial charge on any atom is -0.377 e. The van der Waals surface area contributed by atoms with Gasteiger partial charge in [0.2, 0.25) is 5.91 Å². The van der Waals surface area contributed by atoms with Crippen molar-refractivity contribution in [2.24, 2.45) is 11.7 Å². The van der Waals surface area contributed by atoms with E-state index < -0.39 is 0 Å². The lowest BCUT2D eigenvalue weighted by Crippen LogP contribution is -2.53. The van der Waals surface area contributed by atoms with Gasteiger partial charge in [0.05, 0.1) is 11.5 Å². The molecule has 104 valence electrons. The van der Waals surface area contributed by atoms with Crippen molar-refractivity contribution >= 4 is 5.91 Å². The van der Waals surface area contributed by atoms with Crippen LogP contribution in [-0.2, 0) is 9.53 Å². The largest absolute Gasteiger partial charge is 0.377 e. The van der Waals surface area contributed by atoms with E-state index in [9.17, 15) is 4.79 Å². The van der Waals surface area contributed by atoms with Gasteiger partial charge in [0.15, 0.2) is 0 Å². The summed E-state index contributed by atoms with van der Waals surface area (Å²) in [5, 5.41) is 0. The Morgan fingerprint density at radius 2 is 2.06 bits per heavy atom. The third-order valence-corrected chi connectivity index (χ3v) is 4.60. The Balaban J connectivity index is 1.99. The van der Waals surface area contributed by atoms with Crippen LogP contribution in [0.25, 0.3) is 0 Å². The first-order valence-corrected chi connectivity index (χ1v) is 7.15. The number of carbonyl (C=O) groups is 1. The van der Waals surface area contributed by atoms with E-state index in [-0.39, 0.29) is 23.5 Å². The maximum absolute atomic E-state index is 12.6. The van der Waals surface area contributed by atoms with E-state index in [0.717, 1.165) is 38.6 Å². The molecule has 1 aliphatic carbocycles. The fraction of sp³-hybridized carbons (Fsp3) is 0.929. The van der Waals surface area contributed by atoms with Gasteiger partial charge in [-0.25, -0.2) is 0 Å². The number of likely N-dealkylation sites (tertiary alicyclic amines) is 1. The van der Waals surface area contributed by atoms with Crippen LogP contribution in [0.1, 0.15) is 45.4 Å². The first-order chi connectivity index (χ1) is 8.56. The lowest BCUT2D eigenvalue weighted by atomic mass is 9.83. The molecule has 0 aromatic heterocycles. The van der Waals surface area contributed by atoms with Crippen molar-refractivity contribution in [1.29, 1.82) is 0 Å². The van der Waals surface area contributed by atoms with E-state index in [0.29, 0.717) is 6.54 Å². The van der Waals surface area contributed by atoms with Gasteiger partial charge in [-0.3, -0.25) is 4.79 Å². The summed E-state index contributed by atoms with van der Waals surface area (Å²) in [6.07, 6.45) is 6.31. The van der Waals surface area contributed by atoms with Gasteiger partial charge in [0.1, 0.15) is 0 Å². The Kier molecular flexibility index (Phi) is 4.28. The Morgan fingerprint density at radius 3 is 2.72 bits per heavy atom. The molecular formula is C14H26N2O2. The molecule has 0 spiro atoms. The summed E-state index contributed by atoms with van der Waals surface area (Å²) >= 11 is 0. The van der Waals surface area contributed by atoms with Crippen molar-refractivity contribution in [1.82, 2.24) is 4.90 Å². The summed E-state index contributed by atoms with van der Waals surface area (Å²) in [4.78, 5) is 14.5. The smallest absolute Gasteiger partial charge is 0.227 e. The Morgan fingerprint density at radius 1 is 1.33 bits per heavy atom. The van der Waals surface area contributed by atoms with Crippen LogP contribution in [-0.4, -0.2) is 42.6 Å². The van der Waals surface area contributed by atoms with Crippen LogP contribution in [0.5, 0.6) is 0 Å². The zero-order valence-corrected chi connectivity index (χ0v) is 11.7. The van der Waals surface area contributed by atoms with Gasteiger partial charge in [-0.2, -0.15) is 0 Å². The molecule has 1 aliphatic heterocycles. The number of hydrogen-bond acceptors (Lipinski definition) is 3. The average Bonchev–Trinajstić information content (AvgIpc) is 2.39. The van der Waals surface area contributed by atoms with E-state index in [1.165, 1.54) is 6.42 Å². The maximum atomic E-state index is 12.6. The molecule has 3 atom stereocenters. The molecule has 18 heavy (non-hydrogen) atoms. The molecule has 1 saturated carbocycles. The molecule has 3 unspecified atom stereocenters. The van der Waals surface area contributed by atoms with Crippen molar-refractivity contribution in [2.45, 2.75) is 57.1 Å². The summed E-state index contributed by atoms with van der Waals surface area (Å²) < 4.78 is 5.55. The van der Waals surface area contributed by atoms with Crippen LogP contribution >= 0.6 is 0 Å². The number of piperidine rings is 1. The van der Waals surface area contributed by atoms with E-state index >= 15 is 0 Å². The zero-order valence-electron chi connectivity index (χ0n) is 11.7. The highest BCUT2D eigenvalue weighted by atomic mass is 16.5. The standard InChI is InChI=1S/C14H26N2O2/c1-14(18-2)8-5-9-16(10-14)13(17)11-6-3-4-7-12(11)15/h11-12H,3-10,15H2,1-2H3. The summed E-state index contributed by atoms with van der Waals surface area (Å²) in [6.45, 7) is 3.67. The van der Waals surface area contributed by atoms with Gasteiger partial charge in [0.25, 0.3) is 0 Å². The molecule has 0 aromatic rings. The Hall–Kier alpha value is -0.610. The third-order valence-electron chi connectivity index (χ3n) is 4.60. The molecular weight excluding hydrogens is 228 g/mol. The Bertz CT molecular complexity index is 308. The van der Waals surface area contributed by atoms with Crippen molar-refractivity contribution in [3.05, 3.63) is 0 Å². The maximum Gasteiger partial charge on any atom is 0.227 e. The third kappa shape index (κ3) is 2.86. The fourth-order valence-corrected chi connectivity index (χ4v) is 3.26. The van der Waals surface area contributed by atoms with Crippen molar-refractivity contribution in [3.63, 3.8) is 0 Å².